The molecule has 1 aliphatic rings. The number of hydrogen-bond acceptors (Lipinski definition) is 2. The number of benzene rings is 1. The number of nitrogens with zero attached hydrogens (tertiary/aromatic N) is 2. The molecule has 120 valence electrons. The molecular weight excluding hydrogens is 331 g/mol. The molecule has 0 bridgehead atoms. The summed E-state index contributed by atoms with van der Waals surface area (Å²) >= 11 is 12.3. The van der Waals surface area contributed by atoms with Crippen LogP contribution in [0.15, 0.2) is 30.6 Å². The molecule has 0 fully saturated rings. The molecule has 0 atom stereocenters. The third-order valence-corrected chi connectivity index (χ3v) is 4.71. The highest BCUT2D eigenvalue weighted by Crippen LogP contribution is 2.30. The second-order valence-electron chi connectivity index (χ2n) is 5.96. The first-order chi connectivity index (χ1) is 11.0. The minimum atomic E-state index is 0.160. The molecule has 1 aromatic carbocycles. The first-order valence-corrected chi connectivity index (χ1v) is 8.43. The summed E-state index contributed by atoms with van der Waals surface area (Å²) in [7, 11) is 0. The molecule has 0 aliphatic carbocycles. The van der Waals surface area contributed by atoms with E-state index < -0.39 is 0 Å². The van der Waals surface area contributed by atoms with Crippen LogP contribution in [0, 0.1) is 6.92 Å². The van der Waals surface area contributed by atoms with E-state index >= 15 is 0 Å². The third kappa shape index (κ3) is 3.85. The molecule has 0 saturated carbocycles. The van der Waals surface area contributed by atoms with Gasteiger partial charge in [-0.25, -0.2) is 0 Å². The Kier molecular flexibility index (Phi) is 4.88. The molecule has 1 aromatic heterocycles. The lowest BCUT2D eigenvalue weighted by molar-refractivity contribution is -0.132. The maximum atomic E-state index is 12.5. The number of fused-ring (bicyclic) bond motifs is 1. The average molecular weight is 349 g/mol. The van der Waals surface area contributed by atoms with E-state index in [9.17, 15) is 4.79 Å². The lowest BCUT2D eigenvalue weighted by Gasteiger charge is -2.29. The quantitative estimate of drug-likeness (QED) is 0.832. The molecule has 0 unspecified atom stereocenters. The summed E-state index contributed by atoms with van der Waals surface area (Å²) in [5, 5.41) is 1.32. The molecule has 2 aromatic rings. The number of carbonyl (C=O) groups is 1. The van der Waals surface area contributed by atoms with Crippen LogP contribution in [0.4, 0.5) is 0 Å². The van der Waals surface area contributed by atoms with Gasteiger partial charge in [0.25, 0.3) is 0 Å². The Morgan fingerprint density at radius 3 is 2.87 bits per heavy atom. The number of carbonyl (C=O) groups excluding carboxylic acids is 1. The van der Waals surface area contributed by atoms with Crippen LogP contribution in [0.3, 0.4) is 0 Å². The number of hydrogen-bond donors (Lipinski definition) is 0. The maximum absolute atomic E-state index is 12.5. The van der Waals surface area contributed by atoms with Crippen molar-refractivity contribution >= 4 is 29.1 Å². The summed E-state index contributed by atoms with van der Waals surface area (Å²) in [4.78, 5) is 18.5. The number of amides is 1. The zero-order chi connectivity index (χ0) is 16.4. The third-order valence-electron chi connectivity index (χ3n) is 4.16. The van der Waals surface area contributed by atoms with Crippen molar-refractivity contribution < 1.29 is 4.79 Å². The van der Waals surface area contributed by atoms with Crippen LogP contribution < -0.4 is 0 Å². The van der Waals surface area contributed by atoms with Crippen molar-refractivity contribution in [2.45, 2.75) is 32.7 Å². The monoisotopic (exact) mass is 348 g/mol. The van der Waals surface area contributed by atoms with Crippen molar-refractivity contribution in [2.75, 3.05) is 6.54 Å². The predicted octanol–water partition coefficient (Wildman–Crippen LogP) is 4.21. The predicted molar refractivity (Wildman–Crippen MR) is 92.9 cm³/mol. The van der Waals surface area contributed by atoms with Crippen molar-refractivity contribution in [2.24, 2.45) is 0 Å². The second-order valence-corrected chi connectivity index (χ2v) is 6.80. The van der Waals surface area contributed by atoms with Gasteiger partial charge < -0.3 is 4.90 Å². The van der Waals surface area contributed by atoms with Crippen molar-refractivity contribution in [1.82, 2.24) is 9.88 Å². The van der Waals surface area contributed by atoms with E-state index in [1.54, 1.807) is 6.07 Å². The highest BCUT2D eigenvalue weighted by molar-refractivity contribution is 6.35. The number of aryl methyl sites for hydroxylation is 2. The Bertz CT molecular complexity index is 746. The van der Waals surface area contributed by atoms with Crippen LogP contribution in [-0.2, 0) is 24.2 Å². The van der Waals surface area contributed by atoms with Gasteiger partial charge in [0, 0.05) is 41.9 Å². The molecule has 3 rings (SSSR count). The molecule has 0 saturated heterocycles. The summed E-state index contributed by atoms with van der Waals surface area (Å²) < 4.78 is 0. The van der Waals surface area contributed by atoms with Crippen molar-refractivity contribution in [3.8, 4) is 0 Å². The Hall–Kier alpha value is -1.58. The van der Waals surface area contributed by atoms with E-state index in [2.05, 4.69) is 11.1 Å². The lowest BCUT2D eigenvalue weighted by atomic mass is 9.99. The van der Waals surface area contributed by atoms with E-state index in [-0.39, 0.29) is 5.91 Å². The molecular formula is C18H18Cl2N2O. The standard InChI is InChI=1S/C18H18Cl2N2O/c1-12-6-13(10-21-9-12)2-3-18(23)22-5-4-16-14(11-22)7-15(19)8-17(16)20/h6-10H,2-5,11H2,1H3. The van der Waals surface area contributed by atoms with E-state index in [1.165, 1.54) is 0 Å². The lowest BCUT2D eigenvalue weighted by Crippen LogP contribution is -2.36. The largest absolute Gasteiger partial charge is 0.338 e. The van der Waals surface area contributed by atoms with Gasteiger partial charge in [-0.3, -0.25) is 9.78 Å². The molecule has 0 spiro atoms. The van der Waals surface area contributed by atoms with Gasteiger partial charge in [-0.1, -0.05) is 29.3 Å². The topological polar surface area (TPSA) is 33.2 Å². The molecule has 2 heterocycles. The second kappa shape index (κ2) is 6.90. The van der Waals surface area contributed by atoms with Crippen molar-refractivity contribution in [3.63, 3.8) is 0 Å². The minimum Gasteiger partial charge on any atom is -0.338 e. The molecule has 0 N–H and O–H groups in total. The van der Waals surface area contributed by atoms with Gasteiger partial charge in [0.05, 0.1) is 0 Å². The van der Waals surface area contributed by atoms with Gasteiger partial charge in [-0.05, 0) is 54.2 Å². The molecule has 0 radical (unpaired) electrons. The van der Waals surface area contributed by atoms with Gasteiger partial charge in [0.2, 0.25) is 5.91 Å². The van der Waals surface area contributed by atoms with Crippen LogP contribution in [-0.4, -0.2) is 22.3 Å². The van der Waals surface area contributed by atoms with Crippen molar-refractivity contribution in [1.29, 1.82) is 0 Å². The molecule has 3 nitrogen and oxygen atoms in total. The van der Waals surface area contributed by atoms with Gasteiger partial charge in [-0.2, -0.15) is 0 Å². The summed E-state index contributed by atoms with van der Waals surface area (Å²) in [5.74, 6) is 0.160. The number of aromatic nitrogens is 1. The van der Waals surface area contributed by atoms with Gasteiger partial charge in [0.1, 0.15) is 0 Å². The Labute approximate surface area is 146 Å². The SMILES string of the molecule is Cc1cncc(CCC(=O)N2CCc3c(Cl)cc(Cl)cc3C2)c1. The normalized spacial score (nSPS) is 13.8. The Morgan fingerprint density at radius 1 is 1.26 bits per heavy atom. The molecule has 1 amide bonds. The summed E-state index contributed by atoms with van der Waals surface area (Å²) in [5.41, 5.74) is 4.38. The fraction of sp³-hybridized carbons (Fsp3) is 0.333. The zero-order valence-electron chi connectivity index (χ0n) is 13.0. The van der Waals surface area contributed by atoms with Crippen LogP contribution in [0.1, 0.15) is 28.7 Å². The summed E-state index contributed by atoms with van der Waals surface area (Å²) in [6.07, 6.45) is 5.64. The van der Waals surface area contributed by atoms with E-state index in [4.69, 9.17) is 23.2 Å². The van der Waals surface area contributed by atoms with Crippen LogP contribution in [0.25, 0.3) is 0 Å². The molecule has 5 heteroatoms. The minimum absolute atomic E-state index is 0.160. The zero-order valence-corrected chi connectivity index (χ0v) is 14.5. The first kappa shape index (κ1) is 16.3. The smallest absolute Gasteiger partial charge is 0.223 e. The Balaban J connectivity index is 1.65. The van der Waals surface area contributed by atoms with Gasteiger partial charge in [-0.15, -0.1) is 0 Å². The highest BCUT2D eigenvalue weighted by atomic mass is 35.5. The van der Waals surface area contributed by atoms with Crippen molar-refractivity contribution in [3.05, 3.63) is 62.9 Å². The van der Waals surface area contributed by atoms with E-state index in [0.29, 0.717) is 36.0 Å². The maximum Gasteiger partial charge on any atom is 0.223 e. The highest BCUT2D eigenvalue weighted by Gasteiger charge is 2.22. The summed E-state index contributed by atoms with van der Waals surface area (Å²) in [6, 6.07) is 5.75. The van der Waals surface area contributed by atoms with Crippen LogP contribution in [0.5, 0.6) is 0 Å². The number of rotatable bonds is 3. The summed E-state index contributed by atoms with van der Waals surface area (Å²) in [6.45, 7) is 3.30. The van der Waals surface area contributed by atoms with E-state index in [0.717, 1.165) is 28.7 Å². The fourth-order valence-corrected chi connectivity index (χ4v) is 3.62. The van der Waals surface area contributed by atoms with Gasteiger partial charge >= 0.3 is 0 Å². The number of pyridine rings is 1. The van der Waals surface area contributed by atoms with Gasteiger partial charge in [0.15, 0.2) is 0 Å². The van der Waals surface area contributed by atoms with E-state index in [1.807, 2.05) is 30.3 Å². The molecule has 23 heavy (non-hydrogen) atoms. The number of halogens is 2. The first-order valence-electron chi connectivity index (χ1n) is 7.68. The Morgan fingerprint density at radius 2 is 2.09 bits per heavy atom. The molecule has 1 aliphatic heterocycles. The van der Waals surface area contributed by atoms with Crippen LogP contribution in [0.2, 0.25) is 10.0 Å². The average Bonchev–Trinajstić information content (AvgIpc) is 2.52. The van der Waals surface area contributed by atoms with Crippen LogP contribution >= 0.6 is 23.2 Å². The fourth-order valence-electron chi connectivity index (χ4n) is 2.99.